The first kappa shape index (κ1) is 22.0. The van der Waals surface area contributed by atoms with Gasteiger partial charge in [0.05, 0.1) is 13.2 Å². The lowest BCUT2D eigenvalue weighted by molar-refractivity contribution is -0.0174. The van der Waals surface area contributed by atoms with E-state index in [1.165, 1.54) is 32.1 Å². The van der Waals surface area contributed by atoms with Crippen LogP contribution in [0.2, 0.25) is 0 Å². The van der Waals surface area contributed by atoms with Crippen molar-refractivity contribution in [2.45, 2.75) is 71.0 Å². The van der Waals surface area contributed by atoms with Gasteiger partial charge in [-0.2, -0.15) is 0 Å². The molecule has 6 heteroatoms. The Morgan fingerprint density at radius 3 is 2.83 bits per heavy atom. The van der Waals surface area contributed by atoms with E-state index in [0.29, 0.717) is 18.1 Å². The quantitative estimate of drug-likeness (QED) is 0.383. The second-order valence-corrected chi connectivity index (χ2v) is 7.25. The predicted octanol–water partition coefficient (Wildman–Crippen LogP) is 2.85. The van der Waals surface area contributed by atoms with Crippen LogP contribution in [0.5, 0.6) is 0 Å². The zero-order valence-electron chi connectivity index (χ0n) is 15.9. The molecule has 1 heterocycles. The van der Waals surface area contributed by atoms with Crippen molar-refractivity contribution in [1.82, 2.24) is 15.5 Å². The summed E-state index contributed by atoms with van der Waals surface area (Å²) in [6.07, 6.45) is 6.60. The Morgan fingerprint density at radius 1 is 1.38 bits per heavy atom. The number of rotatable bonds is 5. The van der Waals surface area contributed by atoms with E-state index in [4.69, 9.17) is 4.74 Å². The molecule has 0 bridgehead atoms. The van der Waals surface area contributed by atoms with Gasteiger partial charge in [0.2, 0.25) is 0 Å². The van der Waals surface area contributed by atoms with Crippen molar-refractivity contribution >= 4 is 29.9 Å². The molecule has 1 saturated heterocycles. The van der Waals surface area contributed by atoms with Crippen LogP contribution in [0.4, 0.5) is 0 Å². The van der Waals surface area contributed by atoms with Gasteiger partial charge in [0.15, 0.2) is 5.96 Å². The van der Waals surface area contributed by atoms with Crippen LogP contribution in [0.1, 0.15) is 52.9 Å². The van der Waals surface area contributed by atoms with Crippen LogP contribution in [-0.4, -0.2) is 62.3 Å². The van der Waals surface area contributed by atoms with E-state index in [0.717, 1.165) is 38.2 Å². The minimum atomic E-state index is 0. The molecule has 2 rings (SSSR count). The Hall–Kier alpha value is -0.0800. The molecular formula is C18H37IN4O. The van der Waals surface area contributed by atoms with E-state index in [1.54, 1.807) is 0 Å². The number of hydrogen-bond donors (Lipinski definition) is 2. The van der Waals surface area contributed by atoms with Crippen LogP contribution in [0.15, 0.2) is 4.99 Å². The molecule has 4 atom stereocenters. The largest absolute Gasteiger partial charge is 0.379 e. The highest BCUT2D eigenvalue weighted by Gasteiger charge is 2.24. The molecule has 2 aliphatic rings. The van der Waals surface area contributed by atoms with Crippen LogP contribution in [-0.2, 0) is 4.74 Å². The highest BCUT2D eigenvalue weighted by molar-refractivity contribution is 14.0. The van der Waals surface area contributed by atoms with Crippen molar-refractivity contribution in [1.29, 1.82) is 0 Å². The normalized spacial score (nSPS) is 30.3. The number of nitrogens with zero attached hydrogens (tertiary/aromatic N) is 2. The summed E-state index contributed by atoms with van der Waals surface area (Å²) < 4.78 is 5.53. The summed E-state index contributed by atoms with van der Waals surface area (Å²) >= 11 is 0. The number of ether oxygens (including phenoxy) is 1. The summed E-state index contributed by atoms with van der Waals surface area (Å²) in [5.41, 5.74) is 0. The van der Waals surface area contributed by atoms with Crippen molar-refractivity contribution in [3.05, 3.63) is 0 Å². The number of nitrogens with one attached hydrogen (secondary N) is 2. The lowest BCUT2D eigenvalue weighted by Gasteiger charge is -2.38. The van der Waals surface area contributed by atoms with Gasteiger partial charge in [0, 0.05) is 38.3 Å². The molecular weight excluding hydrogens is 415 g/mol. The molecule has 24 heavy (non-hydrogen) atoms. The first-order chi connectivity index (χ1) is 11.1. The molecule has 0 radical (unpaired) electrons. The fourth-order valence-electron chi connectivity index (χ4n) is 3.94. The van der Waals surface area contributed by atoms with E-state index in [2.05, 4.69) is 41.3 Å². The Labute approximate surface area is 165 Å². The minimum absolute atomic E-state index is 0. The van der Waals surface area contributed by atoms with Crippen molar-refractivity contribution in [3.63, 3.8) is 0 Å². The van der Waals surface area contributed by atoms with Gasteiger partial charge in [-0.05, 0) is 32.6 Å². The number of hydrogen-bond acceptors (Lipinski definition) is 3. The SMILES string of the molecule is CCC1CCCC(NC(=NC)NCC(C)N2CCOCC2C)C1.I. The number of guanidine groups is 1. The maximum absolute atomic E-state index is 5.53. The van der Waals surface area contributed by atoms with Crippen LogP contribution in [0.3, 0.4) is 0 Å². The zero-order valence-corrected chi connectivity index (χ0v) is 18.2. The van der Waals surface area contributed by atoms with E-state index >= 15 is 0 Å². The van der Waals surface area contributed by atoms with Crippen LogP contribution in [0, 0.1) is 5.92 Å². The van der Waals surface area contributed by atoms with Crippen molar-refractivity contribution in [3.8, 4) is 0 Å². The molecule has 0 aromatic carbocycles. The summed E-state index contributed by atoms with van der Waals surface area (Å²) in [6.45, 7) is 10.5. The van der Waals surface area contributed by atoms with Crippen molar-refractivity contribution in [2.24, 2.45) is 10.9 Å². The Bertz CT molecular complexity index is 380. The van der Waals surface area contributed by atoms with Gasteiger partial charge in [-0.25, -0.2) is 0 Å². The number of halogens is 1. The van der Waals surface area contributed by atoms with Crippen LogP contribution < -0.4 is 10.6 Å². The molecule has 2 N–H and O–H groups in total. The lowest BCUT2D eigenvalue weighted by atomic mass is 9.84. The predicted molar refractivity (Wildman–Crippen MR) is 112 cm³/mol. The van der Waals surface area contributed by atoms with Gasteiger partial charge in [-0.15, -0.1) is 24.0 Å². The molecule has 142 valence electrons. The second kappa shape index (κ2) is 11.5. The molecule has 0 aromatic rings. The highest BCUT2D eigenvalue weighted by Crippen LogP contribution is 2.26. The van der Waals surface area contributed by atoms with Crippen molar-refractivity contribution < 1.29 is 4.74 Å². The molecule has 1 aliphatic carbocycles. The first-order valence-corrected chi connectivity index (χ1v) is 9.44. The van der Waals surface area contributed by atoms with E-state index < -0.39 is 0 Å². The molecule has 1 saturated carbocycles. The number of morpholine rings is 1. The van der Waals surface area contributed by atoms with Crippen LogP contribution >= 0.6 is 24.0 Å². The summed E-state index contributed by atoms with van der Waals surface area (Å²) in [6, 6.07) is 1.57. The topological polar surface area (TPSA) is 48.9 Å². The smallest absolute Gasteiger partial charge is 0.191 e. The van der Waals surface area contributed by atoms with E-state index in [1.807, 2.05) is 7.05 Å². The summed E-state index contributed by atoms with van der Waals surface area (Å²) in [5, 5.41) is 7.16. The van der Waals surface area contributed by atoms with Gasteiger partial charge in [-0.1, -0.05) is 26.2 Å². The van der Waals surface area contributed by atoms with E-state index in [9.17, 15) is 0 Å². The molecule has 2 fully saturated rings. The highest BCUT2D eigenvalue weighted by atomic mass is 127. The Kier molecular flexibility index (Phi) is 10.5. The van der Waals surface area contributed by atoms with E-state index in [-0.39, 0.29) is 24.0 Å². The monoisotopic (exact) mass is 452 g/mol. The number of aliphatic imine (C=N–C) groups is 1. The molecule has 4 unspecified atom stereocenters. The molecule has 0 amide bonds. The minimum Gasteiger partial charge on any atom is -0.379 e. The average Bonchev–Trinajstić information content (AvgIpc) is 2.58. The van der Waals surface area contributed by atoms with Gasteiger partial charge >= 0.3 is 0 Å². The van der Waals surface area contributed by atoms with Gasteiger partial charge in [0.1, 0.15) is 0 Å². The maximum Gasteiger partial charge on any atom is 0.191 e. The Balaban J connectivity index is 0.00000288. The summed E-state index contributed by atoms with van der Waals surface area (Å²) in [7, 11) is 1.87. The maximum atomic E-state index is 5.53. The van der Waals surface area contributed by atoms with Crippen molar-refractivity contribution in [2.75, 3.05) is 33.4 Å². The summed E-state index contributed by atoms with van der Waals surface area (Å²) in [5.74, 6) is 1.84. The van der Waals surface area contributed by atoms with Gasteiger partial charge in [-0.3, -0.25) is 9.89 Å². The molecule has 0 spiro atoms. The standard InChI is InChI=1S/C18H36N4O.HI/c1-5-16-7-6-8-17(11-16)21-18(19-4)20-12-14(2)22-9-10-23-13-15(22)3;/h14-17H,5-13H2,1-4H3,(H2,19,20,21);1H. The van der Waals surface area contributed by atoms with Gasteiger partial charge < -0.3 is 15.4 Å². The van der Waals surface area contributed by atoms with Crippen LogP contribution in [0.25, 0.3) is 0 Å². The zero-order chi connectivity index (χ0) is 16.7. The summed E-state index contributed by atoms with van der Waals surface area (Å²) in [4.78, 5) is 6.95. The first-order valence-electron chi connectivity index (χ1n) is 9.44. The fraction of sp³-hybridized carbons (Fsp3) is 0.944. The second-order valence-electron chi connectivity index (χ2n) is 7.25. The lowest BCUT2D eigenvalue weighted by Crippen LogP contribution is -2.54. The molecule has 5 nitrogen and oxygen atoms in total. The Morgan fingerprint density at radius 2 is 2.17 bits per heavy atom. The average molecular weight is 452 g/mol. The third-order valence-corrected chi connectivity index (χ3v) is 5.47. The third kappa shape index (κ3) is 6.67. The molecule has 0 aromatic heterocycles. The fourth-order valence-corrected chi connectivity index (χ4v) is 3.94. The van der Waals surface area contributed by atoms with Gasteiger partial charge in [0.25, 0.3) is 0 Å². The molecule has 1 aliphatic heterocycles. The third-order valence-electron chi connectivity index (χ3n) is 5.47.